The van der Waals surface area contributed by atoms with Crippen molar-refractivity contribution in [3.63, 3.8) is 0 Å². The number of hydrogen-bond donors (Lipinski definition) is 1. The fourth-order valence-corrected chi connectivity index (χ4v) is 3.25. The summed E-state index contributed by atoms with van der Waals surface area (Å²) < 4.78 is 25.5. The van der Waals surface area contributed by atoms with E-state index in [0.717, 1.165) is 15.4 Å². The first-order valence-electron chi connectivity index (χ1n) is 6.69. The molecule has 7 heteroatoms. The van der Waals surface area contributed by atoms with E-state index in [0.29, 0.717) is 17.8 Å². The summed E-state index contributed by atoms with van der Waals surface area (Å²) in [5.41, 5.74) is 2.89. The van der Waals surface area contributed by atoms with Crippen molar-refractivity contribution in [1.82, 2.24) is 14.6 Å². The second-order valence-corrected chi connectivity index (χ2v) is 7.37. The van der Waals surface area contributed by atoms with Crippen molar-refractivity contribution in [3.05, 3.63) is 47.7 Å². The number of rotatable bonds is 3. The summed E-state index contributed by atoms with van der Waals surface area (Å²) in [5, 5.41) is 2.75. The van der Waals surface area contributed by atoms with E-state index in [1.165, 1.54) is 26.4 Å². The van der Waals surface area contributed by atoms with Crippen molar-refractivity contribution in [2.75, 3.05) is 14.1 Å². The molecule has 0 fully saturated rings. The van der Waals surface area contributed by atoms with Crippen molar-refractivity contribution >= 4 is 15.9 Å². The molecule has 3 rings (SSSR count). The topological polar surface area (TPSA) is 79.4 Å². The number of carbonyl (C=O) groups is 1. The summed E-state index contributed by atoms with van der Waals surface area (Å²) in [6.07, 6.45) is 1.47. The zero-order valence-electron chi connectivity index (χ0n) is 12.2. The lowest BCUT2D eigenvalue weighted by Crippen LogP contribution is -2.22. The Hall–Kier alpha value is -2.25. The molecule has 1 N–H and O–H groups in total. The summed E-state index contributed by atoms with van der Waals surface area (Å²) in [4.78, 5) is 16.0. The van der Waals surface area contributed by atoms with Gasteiger partial charge >= 0.3 is 0 Å². The first kappa shape index (κ1) is 14.7. The number of amides is 1. The average Bonchev–Trinajstić information content (AvgIpc) is 2.88. The summed E-state index contributed by atoms with van der Waals surface area (Å²) in [6.45, 7) is 0.484. The molecule has 1 aliphatic rings. The average molecular weight is 317 g/mol. The Morgan fingerprint density at radius 3 is 2.68 bits per heavy atom. The fraction of sp³-hybridized carbons (Fsp3) is 0.200. The van der Waals surface area contributed by atoms with E-state index in [4.69, 9.17) is 0 Å². The largest absolute Gasteiger partial charge is 0.348 e. The van der Waals surface area contributed by atoms with Crippen LogP contribution in [0.4, 0.5) is 0 Å². The molecule has 2 heterocycles. The van der Waals surface area contributed by atoms with Crippen LogP contribution in [0.5, 0.6) is 0 Å². The maximum Gasteiger partial charge on any atom is 0.251 e. The number of fused-ring (bicyclic) bond motifs is 1. The number of hydrogen-bond acceptors (Lipinski definition) is 4. The lowest BCUT2D eigenvalue weighted by molar-refractivity contribution is 0.0965. The van der Waals surface area contributed by atoms with Gasteiger partial charge in [-0.25, -0.2) is 12.7 Å². The maximum absolute atomic E-state index is 12.2. The van der Waals surface area contributed by atoms with E-state index in [9.17, 15) is 13.2 Å². The van der Waals surface area contributed by atoms with Gasteiger partial charge in [0.25, 0.3) is 5.91 Å². The van der Waals surface area contributed by atoms with Gasteiger partial charge in [-0.15, -0.1) is 0 Å². The molecule has 1 aliphatic heterocycles. The Bertz CT molecular complexity index is 860. The van der Waals surface area contributed by atoms with Gasteiger partial charge in [0.15, 0.2) is 0 Å². The number of benzene rings is 1. The molecule has 6 nitrogen and oxygen atoms in total. The number of nitrogens with zero attached hydrogens (tertiary/aromatic N) is 2. The van der Waals surface area contributed by atoms with Crippen LogP contribution < -0.4 is 5.32 Å². The predicted octanol–water partition coefficient (Wildman–Crippen LogP) is 1.24. The third-order valence-electron chi connectivity index (χ3n) is 3.60. The van der Waals surface area contributed by atoms with Gasteiger partial charge in [0.2, 0.25) is 10.0 Å². The van der Waals surface area contributed by atoms with Gasteiger partial charge in [-0.3, -0.25) is 9.78 Å². The highest BCUT2D eigenvalue weighted by Gasteiger charge is 2.21. The first-order chi connectivity index (χ1) is 10.4. The molecule has 0 unspecified atom stereocenters. The molecule has 1 aromatic heterocycles. The van der Waals surface area contributed by atoms with Crippen LogP contribution in [0.15, 0.2) is 41.4 Å². The molecule has 0 saturated carbocycles. The minimum absolute atomic E-state index is 0.0848. The van der Waals surface area contributed by atoms with E-state index in [2.05, 4.69) is 10.3 Å². The van der Waals surface area contributed by atoms with Gasteiger partial charge in [-0.05, 0) is 29.8 Å². The van der Waals surface area contributed by atoms with Crippen molar-refractivity contribution in [3.8, 4) is 11.3 Å². The molecule has 2 aromatic rings. The Labute approximate surface area is 128 Å². The molecule has 0 radical (unpaired) electrons. The third-order valence-corrected chi connectivity index (χ3v) is 5.41. The van der Waals surface area contributed by atoms with Crippen LogP contribution in [-0.4, -0.2) is 37.7 Å². The molecule has 22 heavy (non-hydrogen) atoms. The summed E-state index contributed by atoms with van der Waals surface area (Å²) in [7, 11) is -0.524. The monoisotopic (exact) mass is 317 g/mol. The number of pyridine rings is 1. The summed E-state index contributed by atoms with van der Waals surface area (Å²) in [5.74, 6) is -0.0848. The zero-order valence-corrected chi connectivity index (χ0v) is 13.0. The summed E-state index contributed by atoms with van der Waals surface area (Å²) >= 11 is 0. The lowest BCUT2D eigenvalue weighted by atomic mass is 10.0. The number of nitrogens with one attached hydrogen (secondary N) is 1. The Morgan fingerprint density at radius 1 is 1.18 bits per heavy atom. The van der Waals surface area contributed by atoms with Crippen molar-refractivity contribution in [2.24, 2.45) is 0 Å². The Kier molecular flexibility index (Phi) is 3.46. The van der Waals surface area contributed by atoms with Crippen LogP contribution in [0.1, 0.15) is 15.9 Å². The first-order valence-corrected chi connectivity index (χ1v) is 8.13. The van der Waals surface area contributed by atoms with E-state index >= 15 is 0 Å². The minimum Gasteiger partial charge on any atom is -0.348 e. The van der Waals surface area contributed by atoms with E-state index in [-0.39, 0.29) is 10.8 Å². The van der Waals surface area contributed by atoms with E-state index < -0.39 is 10.0 Å². The molecule has 1 aromatic carbocycles. The van der Waals surface area contributed by atoms with Gasteiger partial charge in [-0.2, -0.15) is 0 Å². The number of carbonyl (C=O) groups excluding carboxylic acids is 1. The van der Waals surface area contributed by atoms with Crippen molar-refractivity contribution in [2.45, 2.75) is 11.4 Å². The van der Waals surface area contributed by atoms with Crippen LogP contribution in [0.25, 0.3) is 11.3 Å². The molecule has 0 spiro atoms. The van der Waals surface area contributed by atoms with Gasteiger partial charge in [0.05, 0.1) is 10.6 Å². The number of aromatic nitrogens is 1. The van der Waals surface area contributed by atoms with Gasteiger partial charge in [-0.1, -0.05) is 6.07 Å². The van der Waals surface area contributed by atoms with Crippen molar-refractivity contribution < 1.29 is 13.2 Å². The van der Waals surface area contributed by atoms with Crippen LogP contribution in [0, 0.1) is 0 Å². The second-order valence-electron chi connectivity index (χ2n) is 5.22. The normalized spacial score (nSPS) is 14.0. The molecule has 114 valence electrons. The second kappa shape index (κ2) is 5.19. The molecule has 0 atom stereocenters. The molecule has 0 bridgehead atoms. The van der Waals surface area contributed by atoms with E-state index in [1.807, 2.05) is 6.07 Å². The van der Waals surface area contributed by atoms with Crippen LogP contribution in [-0.2, 0) is 16.6 Å². The zero-order chi connectivity index (χ0) is 15.9. The van der Waals surface area contributed by atoms with Gasteiger partial charge in [0.1, 0.15) is 0 Å². The van der Waals surface area contributed by atoms with E-state index in [1.54, 1.807) is 18.2 Å². The smallest absolute Gasteiger partial charge is 0.251 e. The quantitative estimate of drug-likeness (QED) is 0.924. The molecule has 0 saturated heterocycles. The molecule has 1 amide bonds. The molecule has 0 aliphatic carbocycles. The minimum atomic E-state index is -3.50. The highest BCUT2D eigenvalue weighted by molar-refractivity contribution is 7.89. The van der Waals surface area contributed by atoms with Crippen LogP contribution in [0.2, 0.25) is 0 Å². The number of sulfonamides is 1. The standard InChI is InChI=1S/C15H15N3O3S/c1-18(2)22(20,21)12-5-6-16-14(8-12)10-3-4-13-11(7-10)9-17-15(13)19/h3-8H,9H2,1-2H3,(H,17,19). The highest BCUT2D eigenvalue weighted by Crippen LogP contribution is 2.25. The molecular weight excluding hydrogens is 302 g/mol. The SMILES string of the molecule is CN(C)S(=O)(=O)c1ccnc(-c2ccc3c(c2)CNC3=O)c1. The lowest BCUT2D eigenvalue weighted by Gasteiger charge is -2.12. The highest BCUT2D eigenvalue weighted by atomic mass is 32.2. The predicted molar refractivity (Wildman–Crippen MR) is 81.7 cm³/mol. The molecular formula is C15H15N3O3S. The Morgan fingerprint density at radius 2 is 1.95 bits per heavy atom. The third kappa shape index (κ3) is 2.38. The van der Waals surface area contributed by atoms with Crippen molar-refractivity contribution in [1.29, 1.82) is 0 Å². The summed E-state index contributed by atoms with van der Waals surface area (Å²) in [6, 6.07) is 8.39. The Balaban J connectivity index is 2.06. The van der Waals surface area contributed by atoms with Crippen LogP contribution >= 0.6 is 0 Å². The fourth-order valence-electron chi connectivity index (χ4n) is 2.33. The van der Waals surface area contributed by atoms with Gasteiger partial charge in [0, 0.05) is 38.0 Å². The van der Waals surface area contributed by atoms with Crippen LogP contribution in [0.3, 0.4) is 0 Å². The van der Waals surface area contributed by atoms with Gasteiger partial charge < -0.3 is 5.32 Å². The maximum atomic E-state index is 12.2.